The van der Waals surface area contributed by atoms with Gasteiger partial charge in [0.25, 0.3) is 0 Å². The van der Waals surface area contributed by atoms with E-state index in [1.807, 2.05) is 46.6 Å². The molecule has 4 nitrogen and oxygen atoms in total. The number of carbonyl (C=O) groups is 1. The molecule has 0 N–H and O–H groups in total. The van der Waals surface area contributed by atoms with Gasteiger partial charge in [0.1, 0.15) is 0 Å². The van der Waals surface area contributed by atoms with E-state index in [9.17, 15) is 4.79 Å². The first kappa shape index (κ1) is 18.8. The quantitative estimate of drug-likeness (QED) is 0.669. The summed E-state index contributed by atoms with van der Waals surface area (Å²) in [5.74, 6) is 0.142. The monoisotopic (exact) mass is 369 g/mol. The number of para-hydroxylation sites is 1. The molecule has 1 saturated heterocycles. The SMILES string of the molecule is C=CCN(C(=O)CN1CCN(CCc2cccs2)CC1)c1ccccc1. The van der Waals surface area contributed by atoms with Crippen LogP contribution in [0.4, 0.5) is 5.69 Å². The molecule has 5 heteroatoms. The lowest BCUT2D eigenvalue weighted by atomic mass is 10.2. The normalized spacial score (nSPS) is 15.7. The first-order chi connectivity index (χ1) is 12.8. The fraction of sp³-hybridized carbons (Fsp3) is 0.381. The summed E-state index contributed by atoms with van der Waals surface area (Å²) in [4.78, 5) is 20.8. The smallest absolute Gasteiger partial charge is 0.241 e. The highest BCUT2D eigenvalue weighted by Crippen LogP contribution is 2.15. The van der Waals surface area contributed by atoms with Crippen molar-refractivity contribution in [2.24, 2.45) is 0 Å². The lowest BCUT2D eigenvalue weighted by Gasteiger charge is -2.35. The van der Waals surface area contributed by atoms with Crippen LogP contribution in [0.15, 0.2) is 60.5 Å². The third-order valence-corrected chi connectivity index (χ3v) is 5.70. The Bertz CT molecular complexity index is 679. The van der Waals surface area contributed by atoms with Crippen LogP contribution in [-0.4, -0.2) is 61.5 Å². The Morgan fingerprint density at radius 3 is 2.46 bits per heavy atom. The van der Waals surface area contributed by atoms with E-state index in [2.05, 4.69) is 33.9 Å². The molecule has 1 amide bonds. The lowest BCUT2D eigenvalue weighted by Crippen LogP contribution is -2.50. The predicted octanol–water partition coefficient (Wildman–Crippen LogP) is 3.13. The van der Waals surface area contributed by atoms with Crippen molar-refractivity contribution in [3.8, 4) is 0 Å². The van der Waals surface area contributed by atoms with E-state index < -0.39 is 0 Å². The number of carbonyl (C=O) groups excluding carboxylic acids is 1. The molecule has 0 saturated carbocycles. The summed E-state index contributed by atoms with van der Waals surface area (Å²) in [5.41, 5.74) is 0.937. The van der Waals surface area contributed by atoms with E-state index in [1.165, 1.54) is 4.88 Å². The van der Waals surface area contributed by atoms with E-state index >= 15 is 0 Å². The van der Waals surface area contributed by atoms with Crippen LogP contribution >= 0.6 is 11.3 Å². The average Bonchev–Trinajstić information content (AvgIpc) is 3.20. The molecule has 0 spiro atoms. The molecule has 3 rings (SSSR count). The van der Waals surface area contributed by atoms with Crippen molar-refractivity contribution in [1.29, 1.82) is 0 Å². The summed E-state index contributed by atoms with van der Waals surface area (Å²) < 4.78 is 0. The molecule has 1 fully saturated rings. The second kappa shape index (κ2) is 9.67. The molecule has 138 valence electrons. The standard InChI is InChI=1S/C21H27N3OS/c1-2-11-24(19-7-4-3-5-8-19)21(25)18-23-15-13-22(14-16-23)12-10-20-9-6-17-26-20/h2-9,17H,1,10-16,18H2. The van der Waals surface area contributed by atoms with E-state index in [0.717, 1.165) is 44.8 Å². The van der Waals surface area contributed by atoms with Gasteiger partial charge in [-0.2, -0.15) is 0 Å². The van der Waals surface area contributed by atoms with Gasteiger partial charge in [0.2, 0.25) is 5.91 Å². The maximum atomic E-state index is 12.8. The Balaban J connectivity index is 1.46. The molecule has 0 bridgehead atoms. The Morgan fingerprint density at radius 1 is 1.08 bits per heavy atom. The van der Waals surface area contributed by atoms with Crippen LogP contribution in [0.2, 0.25) is 0 Å². The molecule has 1 aliphatic rings. The second-order valence-corrected chi connectivity index (χ2v) is 7.61. The van der Waals surface area contributed by atoms with Gasteiger partial charge in [-0.25, -0.2) is 0 Å². The lowest BCUT2D eigenvalue weighted by molar-refractivity contribution is -0.120. The number of rotatable bonds is 8. The average molecular weight is 370 g/mol. The number of hydrogen-bond donors (Lipinski definition) is 0. The molecule has 1 aromatic heterocycles. The second-order valence-electron chi connectivity index (χ2n) is 6.58. The van der Waals surface area contributed by atoms with E-state index in [-0.39, 0.29) is 5.91 Å². The summed E-state index contributed by atoms with van der Waals surface area (Å²) in [5, 5.41) is 2.14. The Hall–Kier alpha value is -1.95. The van der Waals surface area contributed by atoms with Crippen LogP contribution in [0.25, 0.3) is 0 Å². The largest absolute Gasteiger partial charge is 0.308 e. The summed E-state index contributed by atoms with van der Waals surface area (Å²) in [6.45, 7) is 9.89. The van der Waals surface area contributed by atoms with Crippen LogP contribution in [0.3, 0.4) is 0 Å². The zero-order valence-corrected chi connectivity index (χ0v) is 16.0. The van der Waals surface area contributed by atoms with Crippen LogP contribution in [0, 0.1) is 0 Å². The summed E-state index contributed by atoms with van der Waals surface area (Å²) >= 11 is 1.83. The van der Waals surface area contributed by atoms with Crippen molar-refractivity contribution >= 4 is 22.9 Å². The zero-order chi connectivity index (χ0) is 18.2. The van der Waals surface area contributed by atoms with Gasteiger partial charge in [-0.05, 0) is 30.0 Å². The van der Waals surface area contributed by atoms with Crippen molar-refractivity contribution in [3.63, 3.8) is 0 Å². The fourth-order valence-electron chi connectivity index (χ4n) is 3.26. The van der Waals surface area contributed by atoms with Crippen molar-refractivity contribution in [2.45, 2.75) is 6.42 Å². The Kier molecular flexibility index (Phi) is 7.00. The Morgan fingerprint density at radius 2 is 1.81 bits per heavy atom. The maximum Gasteiger partial charge on any atom is 0.241 e. The highest BCUT2D eigenvalue weighted by Gasteiger charge is 2.22. The van der Waals surface area contributed by atoms with Crippen molar-refractivity contribution in [1.82, 2.24) is 9.80 Å². The van der Waals surface area contributed by atoms with Gasteiger partial charge in [0.05, 0.1) is 6.54 Å². The molecule has 26 heavy (non-hydrogen) atoms. The minimum atomic E-state index is 0.142. The van der Waals surface area contributed by atoms with Gasteiger partial charge >= 0.3 is 0 Å². The number of anilines is 1. The van der Waals surface area contributed by atoms with E-state index in [1.54, 1.807) is 6.08 Å². The molecule has 1 aromatic carbocycles. The minimum Gasteiger partial charge on any atom is -0.308 e. The van der Waals surface area contributed by atoms with Crippen LogP contribution in [-0.2, 0) is 11.2 Å². The van der Waals surface area contributed by atoms with Gasteiger partial charge in [0.15, 0.2) is 0 Å². The number of hydrogen-bond acceptors (Lipinski definition) is 4. The first-order valence-electron chi connectivity index (χ1n) is 9.19. The van der Waals surface area contributed by atoms with Gasteiger partial charge in [-0.3, -0.25) is 9.69 Å². The highest BCUT2D eigenvalue weighted by molar-refractivity contribution is 7.09. The predicted molar refractivity (Wildman–Crippen MR) is 110 cm³/mol. The molecular weight excluding hydrogens is 342 g/mol. The zero-order valence-electron chi connectivity index (χ0n) is 15.2. The Labute approximate surface area is 160 Å². The number of amides is 1. The van der Waals surface area contributed by atoms with Gasteiger partial charge in [-0.1, -0.05) is 30.3 Å². The summed E-state index contributed by atoms with van der Waals surface area (Å²) in [6.07, 6.45) is 2.91. The number of thiophene rings is 1. The van der Waals surface area contributed by atoms with Crippen molar-refractivity contribution in [3.05, 3.63) is 65.4 Å². The number of benzene rings is 1. The van der Waals surface area contributed by atoms with E-state index in [4.69, 9.17) is 0 Å². The van der Waals surface area contributed by atoms with Crippen molar-refractivity contribution < 1.29 is 4.79 Å². The van der Waals surface area contributed by atoms with Gasteiger partial charge in [0, 0.05) is 49.8 Å². The summed E-state index contributed by atoms with van der Waals surface area (Å²) in [6, 6.07) is 14.2. The van der Waals surface area contributed by atoms with Gasteiger partial charge < -0.3 is 9.80 Å². The molecule has 0 aliphatic carbocycles. The van der Waals surface area contributed by atoms with Gasteiger partial charge in [-0.15, -0.1) is 17.9 Å². The molecule has 0 atom stereocenters. The minimum absolute atomic E-state index is 0.142. The first-order valence-corrected chi connectivity index (χ1v) is 10.1. The summed E-state index contributed by atoms with van der Waals surface area (Å²) in [7, 11) is 0. The highest BCUT2D eigenvalue weighted by atomic mass is 32.1. The molecule has 1 aliphatic heterocycles. The fourth-order valence-corrected chi connectivity index (χ4v) is 3.96. The van der Waals surface area contributed by atoms with Crippen molar-refractivity contribution in [2.75, 3.05) is 50.7 Å². The number of nitrogens with zero attached hydrogens (tertiary/aromatic N) is 3. The van der Waals surface area contributed by atoms with Crippen LogP contribution in [0.5, 0.6) is 0 Å². The molecule has 2 heterocycles. The van der Waals surface area contributed by atoms with Crippen LogP contribution < -0.4 is 4.90 Å². The molecule has 2 aromatic rings. The molecule has 0 unspecified atom stereocenters. The third kappa shape index (κ3) is 5.27. The molecule has 0 radical (unpaired) electrons. The van der Waals surface area contributed by atoms with E-state index in [0.29, 0.717) is 13.1 Å². The number of piperazine rings is 1. The maximum absolute atomic E-state index is 12.8. The molecular formula is C21H27N3OS. The topological polar surface area (TPSA) is 26.8 Å². The third-order valence-electron chi connectivity index (χ3n) is 4.76. The van der Waals surface area contributed by atoms with Crippen LogP contribution in [0.1, 0.15) is 4.88 Å².